The lowest BCUT2D eigenvalue weighted by atomic mass is 10.2. The van der Waals surface area contributed by atoms with E-state index in [0.717, 1.165) is 30.3 Å². The number of imide groups is 1. The third kappa shape index (κ3) is 2.35. The summed E-state index contributed by atoms with van der Waals surface area (Å²) in [6.45, 7) is 4.62. The number of imidazole rings is 1. The van der Waals surface area contributed by atoms with Crippen molar-refractivity contribution in [3.8, 4) is 11.5 Å². The third-order valence-corrected chi connectivity index (χ3v) is 4.39. The van der Waals surface area contributed by atoms with E-state index in [1.807, 2.05) is 17.6 Å². The van der Waals surface area contributed by atoms with Crippen molar-refractivity contribution in [1.82, 2.24) is 25.2 Å². The van der Waals surface area contributed by atoms with Gasteiger partial charge in [-0.1, -0.05) is 6.07 Å². The molecule has 0 aliphatic carbocycles. The van der Waals surface area contributed by atoms with Crippen molar-refractivity contribution in [2.24, 2.45) is 0 Å². The van der Waals surface area contributed by atoms with Gasteiger partial charge in [0.25, 0.3) is 0 Å². The van der Waals surface area contributed by atoms with Crippen LogP contribution < -0.4 is 15.5 Å². The molecule has 1 saturated heterocycles. The molecule has 0 radical (unpaired) electrons. The van der Waals surface area contributed by atoms with Crippen LogP contribution in [-0.2, 0) is 24.4 Å². The topological polar surface area (TPSA) is 92.2 Å². The normalized spacial score (nSPS) is 17.1. The smallest absolute Gasteiger partial charge is 0.309 e. The summed E-state index contributed by atoms with van der Waals surface area (Å²) >= 11 is 0. The van der Waals surface area contributed by atoms with E-state index < -0.39 is 6.03 Å². The Morgan fingerprint density at radius 3 is 2.92 bits per heavy atom. The van der Waals surface area contributed by atoms with Crippen LogP contribution in [0.15, 0.2) is 18.3 Å². The Kier molecular flexibility index (Phi) is 3.53. The van der Waals surface area contributed by atoms with Crippen LogP contribution in [0.4, 0.5) is 10.6 Å². The maximum atomic E-state index is 12.1. The molecule has 1 fully saturated rings. The molecule has 2 aromatic heterocycles. The highest BCUT2D eigenvalue weighted by atomic mass is 16.2. The van der Waals surface area contributed by atoms with E-state index in [4.69, 9.17) is 4.98 Å². The SMILES string of the molecule is CCn1c(N2CCC(=O)NC2=O)cnc1-c1ccc2c(n1)CNC2. The molecule has 0 bridgehead atoms. The second kappa shape index (κ2) is 5.72. The van der Waals surface area contributed by atoms with E-state index in [1.165, 1.54) is 5.56 Å². The fraction of sp³-hybridized carbons (Fsp3) is 0.375. The van der Waals surface area contributed by atoms with Crippen LogP contribution in [0.25, 0.3) is 11.5 Å². The minimum absolute atomic E-state index is 0.244. The summed E-state index contributed by atoms with van der Waals surface area (Å²) in [5, 5.41) is 5.62. The zero-order valence-electron chi connectivity index (χ0n) is 13.4. The molecule has 0 spiro atoms. The van der Waals surface area contributed by atoms with Gasteiger partial charge in [0.15, 0.2) is 5.82 Å². The summed E-state index contributed by atoms with van der Waals surface area (Å²) in [4.78, 5) is 34.2. The molecule has 2 aliphatic rings. The van der Waals surface area contributed by atoms with Gasteiger partial charge in [-0.15, -0.1) is 0 Å². The Morgan fingerprint density at radius 2 is 2.12 bits per heavy atom. The lowest BCUT2D eigenvalue weighted by Gasteiger charge is -2.27. The van der Waals surface area contributed by atoms with Gasteiger partial charge in [-0.25, -0.2) is 14.8 Å². The van der Waals surface area contributed by atoms with Crippen LogP contribution in [-0.4, -0.2) is 33.0 Å². The van der Waals surface area contributed by atoms with Gasteiger partial charge in [0.05, 0.1) is 11.9 Å². The monoisotopic (exact) mass is 326 g/mol. The molecular formula is C16H18N6O2. The quantitative estimate of drug-likeness (QED) is 0.878. The van der Waals surface area contributed by atoms with E-state index in [1.54, 1.807) is 11.1 Å². The summed E-state index contributed by atoms with van der Waals surface area (Å²) in [7, 11) is 0. The van der Waals surface area contributed by atoms with Gasteiger partial charge in [0, 0.05) is 32.6 Å². The average molecular weight is 326 g/mol. The lowest BCUT2D eigenvalue weighted by Crippen LogP contribution is -2.50. The number of hydrogen-bond acceptors (Lipinski definition) is 5. The van der Waals surface area contributed by atoms with Crippen molar-refractivity contribution in [3.05, 3.63) is 29.6 Å². The van der Waals surface area contributed by atoms with Gasteiger partial charge in [0.1, 0.15) is 11.5 Å². The van der Waals surface area contributed by atoms with E-state index in [9.17, 15) is 9.59 Å². The Labute approximate surface area is 138 Å². The first kappa shape index (κ1) is 14.8. The summed E-state index contributed by atoms with van der Waals surface area (Å²) < 4.78 is 1.95. The minimum atomic E-state index is -0.404. The van der Waals surface area contributed by atoms with Crippen molar-refractivity contribution in [3.63, 3.8) is 0 Å². The van der Waals surface area contributed by atoms with Crippen LogP contribution in [0.2, 0.25) is 0 Å². The molecule has 4 rings (SSSR count). The second-order valence-corrected chi connectivity index (χ2v) is 5.85. The molecule has 0 aromatic carbocycles. The van der Waals surface area contributed by atoms with Crippen LogP contribution in [0.3, 0.4) is 0 Å². The minimum Gasteiger partial charge on any atom is -0.309 e. The second-order valence-electron chi connectivity index (χ2n) is 5.85. The summed E-state index contributed by atoms with van der Waals surface area (Å²) in [6, 6.07) is 3.63. The van der Waals surface area contributed by atoms with Crippen molar-refractivity contribution < 1.29 is 9.59 Å². The van der Waals surface area contributed by atoms with E-state index >= 15 is 0 Å². The molecule has 0 saturated carbocycles. The summed E-state index contributed by atoms with van der Waals surface area (Å²) in [6.07, 6.45) is 1.96. The molecule has 0 atom stereocenters. The van der Waals surface area contributed by atoms with E-state index in [0.29, 0.717) is 25.3 Å². The first-order chi connectivity index (χ1) is 11.7. The van der Waals surface area contributed by atoms with Gasteiger partial charge in [-0.3, -0.25) is 15.0 Å². The fourth-order valence-electron chi connectivity index (χ4n) is 3.17. The number of nitrogens with zero attached hydrogens (tertiary/aromatic N) is 4. The van der Waals surface area contributed by atoms with Crippen molar-refractivity contribution >= 4 is 17.8 Å². The van der Waals surface area contributed by atoms with E-state index in [-0.39, 0.29) is 5.91 Å². The summed E-state index contributed by atoms with van der Waals surface area (Å²) in [5.41, 5.74) is 3.04. The number of carbonyl (C=O) groups excluding carboxylic acids is 2. The number of amides is 3. The van der Waals surface area contributed by atoms with Gasteiger partial charge >= 0.3 is 6.03 Å². The number of carbonyl (C=O) groups is 2. The highest BCUT2D eigenvalue weighted by molar-refractivity contribution is 6.05. The van der Waals surface area contributed by atoms with Crippen LogP contribution in [0.5, 0.6) is 0 Å². The average Bonchev–Trinajstić information content (AvgIpc) is 3.20. The predicted molar refractivity (Wildman–Crippen MR) is 87.2 cm³/mol. The molecule has 0 unspecified atom stereocenters. The number of anilines is 1. The molecule has 8 nitrogen and oxygen atoms in total. The van der Waals surface area contributed by atoms with Gasteiger partial charge in [-0.2, -0.15) is 0 Å². The van der Waals surface area contributed by atoms with Crippen LogP contribution in [0, 0.1) is 0 Å². The first-order valence-electron chi connectivity index (χ1n) is 8.04. The standard InChI is InChI=1S/C16H18N6O2/c1-2-21-14(22-6-5-13(23)20-16(22)24)9-18-15(21)11-4-3-10-7-17-8-12(10)19-11/h3-4,9,17H,2,5-8H2,1H3,(H,20,23,24). The number of aromatic nitrogens is 3. The molecule has 124 valence electrons. The summed E-state index contributed by atoms with van der Waals surface area (Å²) in [5.74, 6) is 1.16. The molecule has 24 heavy (non-hydrogen) atoms. The van der Waals surface area contributed by atoms with Crippen molar-refractivity contribution in [2.45, 2.75) is 33.0 Å². The number of hydrogen-bond donors (Lipinski definition) is 2. The molecule has 2 N–H and O–H groups in total. The van der Waals surface area contributed by atoms with Crippen molar-refractivity contribution in [2.75, 3.05) is 11.4 Å². The maximum Gasteiger partial charge on any atom is 0.329 e. The lowest BCUT2D eigenvalue weighted by molar-refractivity contribution is -0.120. The Balaban J connectivity index is 1.72. The van der Waals surface area contributed by atoms with E-state index in [2.05, 4.69) is 21.7 Å². The zero-order chi connectivity index (χ0) is 16.7. The first-order valence-corrected chi connectivity index (χ1v) is 8.04. The zero-order valence-corrected chi connectivity index (χ0v) is 13.4. The number of nitrogens with one attached hydrogen (secondary N) is 2. The fourth-order valence-corrected chi connectivity index (χ4v) is 3.17. The Bertz CT molecular complexity index is 828. The molecule has 4 heterocycles. The Hall–Kier alpha value is -2.74. The number of pyridine rings is 1. The largest absolute Gasteiger partial charge is 0.329 e. The van der Waals surface area contributed by atoms with Gasteiger partial charge in [-0.05, 0) is 18.6 Å². The molecular weight excluding hydrogens is 308 g/mol. The number of fused-ring (bicyclic) bond motifs is 1. The van der Waals surface area contributed by atoms with Crippen LogP contribution in [0.1, 0.15) is 24.6 Å². The Morgan fingerprint density at radius 1 is 1.25 bits per heavy atom. The van der Waals surface area contributed by atoms with Gasteiger partial charge < -0.3 is 9.88 Å². The highest BCUT2D eigenvalue weighted by Crippen LogP contribution is 2.26. The molecule has 2 aliphatic heterocycles. The number of rotatable bonds is 3. The van der Waals surface area contributed by atoms with Crippen LogP contribution >= 0.6 is 0 Å². The molecule has 2 aromatic rings. The third-order valence-electron chi connectivity index (χ3n) is 4.39. The molecule has 3 amide bonds. The van der Waals surface area contributed by atoms with Crippen molar-refractivity contribution in [1.29, 1.82) is 0 Å². The molecule has 8 heteroatoms. The predicted octanol–water partition coefficient (Wildman–Crippen LogP) is 1.01. The van der Waals surface area contributed by atoms with Gasteiger partial charge in [0.2, 0.25) is 5.91 Å². The highest BCUT2D eigenvalue weighted by Gasteiger charge is 2.28. The number of urea groups is 1. The maximum absolute atomic E-state index is 12.1.